The zero-order valence-corrected chi connectivity index (χ0v) is 20.4. The molecule has 0 nitrogen and oxygen atoms in total. The molecule has 1 aliphatic heterocycles. The van der Waals surface area contributed by atoms with Gasteiger partial charge in [-0.05, 0) is 0 Å². The zero-order chi connectivity index (χ0) is 16.7. The Morgan fingerprint density at radius 2 is 1.57 bits per heavy atom. The van der Waals surface area contributed by atoms with Gasteiger partial charge in [0.05, 0.1) is 0 Å². The summed E-state index contributed by atoms with van der Waals surface area (Å²) in [5, 5.41) is 0. The average molecular weight is 384 g/mol. The molecular formula is C16H37P5. The molecule has 0 aliphatic carbocycles. The van der Waals surface area contributed by atoms with E-state index in [2.05, 4.69) is 78.5 Å². The van der Waals surface area contributed by atoms with Crippen molar-refractivity contribution in [3.63, 3.8) is 0 Å². The third kappa shape index (κ3) is 4.85. The van der Waals surface area contributed by atoms with Gasteiger partial charge in [-0.15, -0.1) is 0 Å². The molecule has 0 fully saturated rings. The fraction of sp³-hybridized carbons (Fsp3) is 0.875. The first kappa shape index (κ1) is 20.8. The van der Waals surface area contributed by atoms with Crippen molar-refractivity contribution in [1.29, 1.82) is 0 Å². The van der Waals surface area contributed by atoms with Crippen molar-refractivity contribution in [1.82, 2.24) is 0 Å². The molecule has 0 aromatic heterocycles. The SMILES string of the molecule is CC(C)C1C[PH](C)(C)P(C)C#CP(C)CP(C)P1(C)(C)C. The van der Waals surface area contributed by atoms with E-state index in [0.717, 1.165) is 11.6 Å². The zero-order valence-electron chi connectivity index (χ0n) is 15.9. The van der Waals surface area contributed by atoms with Gasteiger partial charge in [0, 0.05) is 0 Å². The van der Waals surface area contributed by atoms with Crippen LogP contribution in [0, 0.1) is 17.2 Å². The van der Waals surface area contributed by atoms with Crippen LogP contribution in [0.1, 0.15) is 13.8 Å². The van der Waals surface area contributed by atoms with Gasteiger partial charge in [0.15, 0.2) is 0 Å². The summed E-state index contributed by atoms with van der Waals surface area (Å²) in [6, 6.07) is 0. The summed E-state index contributed by atoms with van der Waals surface area (Å²) >= 11 is 0. The third-order valence-electron chi connectivity index (χ3n) is 5.58. The van der Waals surface area contributed by atoms with E-state index in [4.69, 9.17) is 0 Å². The number of hydrogen-bond donors (Lipinski definition) is 0. The van der Waals surface area contributed by atoms with Crippen LogP contribution >= 0.6 is 36.4 Å². The van der Waals surface area contributed by atoms with Crippen molar-refractivity contribution in [2.24, 2.45) is 5.92 Å². The van der Waals surface area contributed by atoms with Gasteiger partial charge in [-0.25, -0.2) is 0 Å². The van der Waals surface area contributed by atoms with Crippen LogP contribution in [0.2, 0.25) is 0 Å². The van der Waals surface area contributed by atoms with Crippen molar-refractivity contribution in [3.05, 3.63) is 0 Å². The molecule has 0 aromatic carbocycles. The summed E-state index contributed by atoms with van der Waals surface area (Å²) < 4.78 is 0. The summed E-state index contributed by atoms with van der Waals surface area (Å²) in [7, 11) is 0.0271. The molecule has 0 saturated heterocycles. The second kappa shape index (κ2) is 6.91. The quantitative estimate of drug-likeness (QED) is 0.357. The summed E-state index contributed by atoms with van der Waals surface area (Å²) in [4.78, 5) is 0. The van der Waals surface area contributed by atoms with Crippen LogP contribution in [0.5, 0.6) is 0 Å². The molecule has 1 aliphatic rings. The van der Waals surface area contributed by atoms with Crippen LogP contribution in [-0.2, 0) is 0 Å². The minimum atomic E-state index is -1.61. The van der Waals surface area contributed by atoms with Crippen molar-refractivity contribution >= 4 is 36.4 Å². The molecule has 21 heavy (non-hydrogen) atoms. The number of hydrogen-bond acceptors (Lipinski definition) is 0. The van der Waals surface area contributed by atoms with Gasteiger partial charge in [-0.3, -0.25) is 0 Å². The Morgan fingerprint density at radius 1 is 1.05 bits per heavy atom. The Balaban J connectivity index is 3.39. The normalized spacial score (nSPS) is 42.0. The Hall–Kier alpha value is 1.71. The van der Waals surface area contributed by atoms with E-state index >= 15 is 0 Å². The van der Waals surface area contributed by atoms with Crippen LogP contribution < -0.4 is 0 Å². The molecule has 0 radical (unpaired) electrons. The molecular weight excluding hydrogens is 347 g/mol. The van der Waals surface area contributed by atoms with E-state index in [0.29, 0.717) is 0 Å². The molecule has 0 bridgehead atoms. The maximum absolute atomic E-state index is 3.74. The van der Waals surface area contributed by atoms with Gasteiger partial charge < -0.3 is 0 Å². The molecule has 126 valence electrons. The van der Waals surface area contributed by atoms with Crippen molar-refractivity contribution in [3.8, 4) is 11.3 Å². The monoisotopic (exact) mass is 384 g/mol. The molecule has 1 rings (SSSR count). The van der Waals surface area contributed by atoms with Gasteiger partial charge >= 0.3 is 139 Å². The second-order valence-electron chi connectivity index (χ2n) is 8.94. The van der Waals surface area contributed by atoms with Crippen LogP contribution in [0.25, 0.3) is 0 Å². The van der Waals surface area contributed by atoms with Crippen LogP contribution in [0.15, 0.2) is 0 Å². The Labute approximate surface area is 138 Å². The van der Waals surface area contributed by atoms with E-state index in [1.54, 1.807) is 0 Å². The molecule has 4 atom stereocenters. The van der Waals surface area contributed by atoms with Crippen LogP contribution in [-0.4, -0.2) is 71.0 Å². The van der Waals surface area contributed by atoms with E-state index in [1.807, 2.05) is 0 Å². The van der Waals surface area contributed by atoms with Crippen LogP contribution in [0.3, 0.4) is 0 Å². The first-order chi connectivity index (χ1) is 9.26. The van der Waals surface area contributed by atoms with Crippen molar-refractivity contribution < 1.29 is 0 Å². The third-order valence-corrected chi connectivity index (χ3v) is 34.8. The molecule has 0 N–H and O–H groups in total. The first-order valence-electron chi connectivity index (χ1n) is 7.94. The van der Waals surface area contributed by atoms with Gasteiger partial charge in [-0.2, -0.15) is 0 Å². The summed E-state index contributed by atoms with van der Waals surface area (Å²) in [5.74, 6) is 2.26. The van der Waals surface area contributed by atoms with Gasteiger partial charge in [0.1, 0.15) is 0 Å². The molecule has 5 heteroatoms. The molecule has 0 saturated carbocycles. The topological polar surface area (TPSA) is 0 Å². The van der Waals surface area contributed by atoms with Gasteiger partial charge in [-0.1, -0.05) is 0 Å². The average Bonchev–Trinajstić information content (AvgIpc) is 2.30. The number of rotatable bonds is 1. The van der Waals surface area contributed by atoms with E-state index in [9.17, 15) is 0 Å². The van der Waals surface area contributed by atoms with Gasteiger partial charge in [0.2, 0.25) is 0 Å². The van der Waals surface area contributed by atoms with E-state index in [-0.39, 0.29) is 23.1 Å². The Morgan fingerprint density at radius 3 is 2.05 bits per heavy atom. The first-order valence-corrected chi connectivity index (χ1v) is 22.1. The standard InChI is InChI=1S/C16H37P5/c1-15(2)16-13-20(6,7)18(4)12-11-17(3)14-19(5)21(16,8,9)10/h15-16,20H,13-14H2,1-10H3. The van der Waals surface area contributed by atoms with E-state index in [1.165, 1.54) is 12.1 Å². The predicted molar refractivity (Wildman–Crippen MR) is 120 cm³/mol. The fourth-order valence-electron chi connectivity index (χ4n) is 3.36. The summed E-state index contributed by atoms with van der Waals surface area (Å²) in [6.07, 6.45) is -0.101. The molecule has 0 aromatic rings. The predicted octanol–water partition coefficient (Wildman–Crippen LogP) is 6.52. The summed E-state index contributed by atoms with van der Waals surface area (Å²) in [5.41, 5.74) is 8.41. The molecule has 0 amide bonds. The Bertz CT molecular complexity index is 435. The van der Waals surface area contributed by atoms with Crippen molar-refractivity contribution in [2.45, 2.75) is 19.5 Å². The van der Waals surface area contributed by atoms with Crippen LogP contribution in [0.4, 0.5) is 0 Å². The minimum absolute atomic E-state index is 0.0415. The molecule has 1 heterocycles. The van der Waals surface area contributed by atoms with E-state index < -0.39 is 13.2 Å². The van der Waals surface area contributed by atoms with Gasteiger partial charge in [0.25, 0.3) is 0 Å². The second-order valence-corrected chi connectivity index (χ2v) is 36.7. The maximum atomic E-state index is 3.74. The molecule has 0 spiro atoms. The molecule has 4 unspecified atom stereocenters. The van der Waals surface area contributed by atoms with Crippen molar-refractivity contribution in [2.75, 3.05) is 65.4 Å². The fourth-order valence-corrected chi connectivity index (χ4v) is 29.7. The summed E-state index contributed by atoms with van der Waals surface area (Å²) in [6.45, 7) is 24.6. The Kier molecular flexibility index (Phi) is 6.83.